The minimum Gasteiger partial charge on any atom is -0.480 e. The molecule has 0 bridgehead atoms. The van der Waals surface area contributed by atoms with Crippen molar-refractivity contribution in [3.63, 3.8) is 0 Å². The molecule has 116 valence electrons. The summed E-state index contributed by atoms with van der Waals surface area (Å²) in [6, 6.07) is -0.698. The molecule has 1 aromatic heterocycles. The number of rotatable bonds is 4. The quantitative estimate of drug-likeness (QED) is 0.679. The number of carboxylic acids is 1. The van der Waals surface area contributed by atoms with Crippen molar-refractivity contribution in [1.82, 2.24) is 20.8 Å². The molecule has 3 unspecified atom stereocenters. The Balaban J connectivity index is 2.00. The summed E-state index contributed by atoms with van der Waals surface area (Å²) in [5.41, 5.74) is -0.316. The summed E-state index contributed by atoms with van der Waals surface area (Å²) in [5, 5.41) is 21.4. The molecule has 0 aliphatic heterocycles. The van der Waals surface area contributed by atoms with Crippen molar-refractivity contribution in [2.45, 2.75) is 51.1 Å². The van der Waals surface area contributed by atoms with Crippen molar-refractivity contribution in [3.8, 4) is 0 Å². The highest BCUT2D eigenvalue weighted by Gasteiger charge is 2.43. The summed E-state index contributed by atoms with van der Waals surface area (Å²) in [5.74, 6) is -0.665. The highest BCUT2D eigenvalue weighted by Crippen LogP contribution is 2.32. The Labute approximate surface area is 123 Å². The highest BCUT2D eigenvalue weighted by molar-refractivity contribution is 5.86. The summed E-state index contributed by atoms with van der Waals surface area (Å²) in [7, 11) is 0. The van der Waals surface area contributed by atoms with E-state index < -0.39 is 17.5 Å². The first-order valence-electron chi connectivity index (χ1n) is 7.24. The first kappa shape index (κ1) is 15.3. The van der Waals surface area contributed by atoms with E-state index in [0.717, 1.165) is 18.4 Å². The number of nitrogens with one attached hydrogen (secondary N) is 3. The summed E-state index contributed by atoms with van der Waals surface area (Å²) < 4.78 is 0. The monoisotopic (exact) mass is 294 g/mol. The van der Waals surface area contributed by atoms with Gasteiger partial charge >= 0.3 is 12.0 Å². The van der Waals surface area contributed by atoms with Gasteiger partial charge in [0.05, 0.1) is 12.2 Å². The van der Waals surface area contributed by atoms with Gasteiger partial charge in [-0.15, -0.1) is 0 Å². The maximum atomic E-state index is 12.1. The number of aromatic nitrogens is 2. The van der Waals surface area contributed by atoms with Crippen LogP contribution in [0.1, 0.15) is 51.1 Å². The Hall–Kier alpha value is -2.05. The number of aromatic amines is 1. The third kappa shape index (κ3) is 3.53. The smallest absolute Gasteiger partial charge is 0.329 e. The highest BCUT2D eigenvalue weighted by atomic mass is 16.4. The molecule has 1 heterocycles. The number of aliphatic carboxylic acids is 1. The summed E-state index contributed by atoms with van der Waals surface area (Å²) in [6.45, 7) is 3.84. The van der Waals surface area contributed by atoms with Crippen molar-refractivity contribution in [2.75, 3.05) is 0 Å². The Morgan fingerprint density at radius 2 is 2.33 bits per heavy atom. The van der Waals surface area contributed by atoms with Crippen molar-refractivity contribution in [2.24, 2.45) is 5.92 Å². The Kier molecular flexibility index (Phi) is 4.50. The van der Waals surface area contributed by atoms with Crippen LogP contribution in [0.2, 0.25) is 0 Å². The van der Waals surface area contributed by atoms with Gasteiger partial charge in [0.1, 0.15) is 5.54 Å². The molecule has 1 aliphatic rings. The van der Waals surface area contributed by atoms with E-state index in [4.69, 9.17) is 0 Å². The zero-order valence-corrected chi connectivity index (χ0v) is 12.3. The van der Waals surface area contributed by atoms with Gasteiger partial charge in [0.25, 0.3) is 0 Å². The Morgan fingerprint density at radius 3 is 2.90 bits per heavy atom. The maximum Gasteiger partial charge on any atom is 0.329 e. The van der Waals surface area contributed by atoms with Crippen molar-refractivity contribution in [3.05, 3.63) is 18.0 Å². The molecule has 0 saturated heterocycles. The predicted molar refractivity (Wildman–Crippen MR) is 76.7 cm³/mol. The van der Waals surface area contributed by atoms with Gasteiger partial charge in [-0.3, -0.25) is 5.10 Å². The third-order valence-corrected chi connectivity index (χ3v) is 4.13. The number of hydrogen-bond acceptors (Lipinski definition) is 3. The fourth-order valence-corrected chi connectivity index (χ4v) is 2.94. The van der Waals surface area contributed by atoms with Gasteiger partial charge in [-0.25, -0.2) is 9.59 Å². The van der Waals surface area contributed by atoms with Gasteiger partial charge in [0.15, 0.2) is 0 Å². The van der Waals surface area contributed by atoms with Crippen LogP contribution in [-0.4, -0.2) is 32.8 Å². The zero-order valence-electron chi connectivity index (χ0n) is 12.3. The van der Waals surface area contributed by atoms with Crippen molar-refractivity contribution in [1.29, 1.82) is 0 Å². The van der Waals surface area contributed by atoms with E-state index in [1.165, 1.54) is 0 Å². The van der Waals surface area contributed by atoms with Gasteiger partial charge in [0.2, 0.25) is 0 Å². The summed E-state index contributed by atoms with van der Waals surface area (Å²) in [4.78, 5) is 23.7. The zero-order chi connectivity index (χ0) is 15.5. The molecule has 3 atom stereocenters. The molecule has 0 spiro atoms. The van der Waals surface area contributed by atoms with Crippen LogP contribution in [-0.2, 0) is 4.79 Å². The second kappa shape index (κ2) is 6.15. The predicted octanol–water partition coefficient (Wildman–Crippen LogP) is 1.80. The molecule has 21 heavy (non-hydrogen) atoms. The van der Waals surface area contributed by atoms with Crippen LogP contribution in [0.5, 0.6) is 0 Å². The number of carbonyl (C=O) groups excluding carboxylic acids is 1. The normalized spacial score (nSPS) is 26.9. The fraction of sp³-hybridized carbons (Fsp3) is 0.643. The first-order chi connectivity index (χ1) is 9.93. The van der Waals surface area contributed by atoms with Crippen LogP contribution in [0, 0.1) is 5.92 Å². The van der Waals surface area contributed by atoms with Crippen LogP contribution in [0.25, 0.3) is 0 Å². The van der Waals surface area contributed by atoms with E-state index in [2.05, 4.69) is 20.8 Å². The third-order valence-electron chi connectivity index (χ3n) is 4.13. The van der Waals surface area contributed by atoms with Crippen molar-refractivity contribution >= 4 is 12.0 Å². The van der Waals surface area contributed by atoms with E-state index in [1.54, 1.807) is 12.4 Å². The summed E-state index contributed by atoms with van der Waals surface area (Å²) >= 11 is 0. The van der Waals surface area contributed by atoms with Gasteiger partial charge < -0.3 is 15.7 Å². The maximum absolute atomic E-state index is 12.1. The standard InChI is InChI=1S/C14H22N4O3/c1-9-4-3-5-14(6-9,12(19)20)18-13(21)17-10(2)11-7-15-16-8-11/h7-10H,3-6H2,1-2H3,(H,15,16)(H,19,20)(H2,17,18,21). The molecule has 0 radical (unpaired) electrons. The number of carbonyl (C=O) groups is 2. The molecule has 7 heteroatoms. The summed E-state index contributed by atoms with van der Waals surface area (Å²) in [6.07, 6.45) is 6.08. The fourth-order valence-electron chi connectivity index (χ4n) is 2.94. The number of nitrogens with zero attached hydrogens (tertiary/aromatic N) is 1. The number of amides is 2. The molecule has 1 aromatic rings. The van der Waals surface area contributed by atoms with Gasteiger partial charge in [0, 0.05) is 11.8 Å². The van der Waals surface area contributed by atoms with Crippen molar-refractivity contribution < 1.29 is 14.7 Å². The van der Waals surface area contributed by atoms with Crippen LogP contribution < -0.4 is 10.6 Å². The topological polar surface area (TPSA) is 107 Å². The molecular formula is C14H22N4O3. The number of urea groups is 1. The van der Waals surface area contributed by atoms with Crippen LogP contribution in [0.3, 0.4) is 0 Å². The van der Waals surface area contributed by atoms with Gasteiger partial charge in [-0.05, 0) is 25.7 Å². The van der Waals surface area contributed by atoms with Gasteiger partial charge in [-0.2, -0.15) is 5.10 Å². The lowest BCUT2D eigenvalue weighted by atomic mass is 9.76. The van der Waals surface area contributed by atoms with E-state index >= 15 is 0 Å². The van der Waals surface area contributed by atoms with Crippen LogP contribution in [0.4, 0.5) is 4.79 Å². The minimum atomic E-state index is -1.15. The second-order valence-corrected chi connectivity index (χ2v) is 5.94. The van der Waals surface area contributed by atoms with E-state index in [0.29, 0.717) is 18.8 Å². The first-order valence-corrected chi connectivity index (χ1v) is 7.24. The molecule has 2 rings (SSSR count). The lowest BCUT2D eigenvalue weighted by molar-refractivity contribution is -0.146. The SMILES string of the molecule is CC1CCCC(NC(=O)NC(C)c2cn[nH]c2)(C(=O)O)C1. The largest absolute Gasteiger partial charge is 0.480 e. The van der Waals surface area contributed by atoms with E-state index in [1.807, 2.05) is 13.8 Å². The van der Waals surface area contributed by atoms with Crippen LogP contribution >= 0.6 is 0 Å². The molecule has 7 nitrogen and oxygen atoms in total. The van der Waals surface area contributed by atoms with E-state index in [-0.39, 0.29) is 6.04 Å². The number of carboxylic acid groups (broad SMARTS) is 1. The number of H-pyrrole nitrogens is 1. The molecule has 1 aliphatic carbocycles. The second-order valence-electron chi connectivity index (χ2n) is 5.94. The molecule has 1 fully saturated rings. The molecular weight excluding hydrogens is 272 g/mol. The van der Waals surface area contributed by atoms with E-state index in [9.17, 15) is 14.7 Å². The van der Waals surface area contributed by atoms with Gasteiger partial charge in [-0.1, -0.05) is 19.8 Å². The molecule has 0 aromatic carbocycles. The lowest BCUT2D eigenvalue weighted by Gasteiger charge is -2.37. The number of hydrogen-bond donors (Lipinski definition) is 4. The van der Waals surface area contributed by atoms with Crippen LogP contribution in [0.15, 0.2) is 12.4 Å². The Bertz CT molecular complexity index is 502. The average Bonchev–Trinajstić information content (AvgIpc) is 2.92. The molecule has 1 saturated carbocycles. The average molecular weight is 294 g/mol. The Morgan fingerprint density at radius 1 is 1.57 bits per heavy atom. The molecule has 2 amide bonds. The minimum absolute atomic E-state index is 0.240. The lowest BCUT2D eigenvalue weighted by Crippen LogP contribution is -2.59. The molecule has 4 N–H and O–H groups in total.